The Hall–Kier alpha value is -2.53. The lowest BCUT2D eigenvalue weighted by Crippen LogP contribution is -2.07. The first kappa shape index (κ1) is 19.8. The number of fused-ring (bicyclic) bond motifs is 1. The molecule has 0 saturated heterocycles. The van der Waals surface area contributed by atoms with Crippen molar-refractivity contribution in [3.63, 3.8) is 0 Å². The van der Waals surface area contributed by atoms with E-state index in [-0.39, 0.29) is 5.52 Å². The molecule has 12 heteroatoms. The summed E-state index contributed by atoms with van der Waals surface area (Å²) in [5, 5.41) is 5.47. The normalized spacial score (nSPS) is 12.2. The first-order valence-corrected chi connectivity index (χ1v) is 9.87. The Bertz CT molecular complexity index is 1210. The summed E-state index contributed by atoms with van der Waals surface area (Å²) in [5.41, 5.74) is 0.250. The molecule has 0 aliphatic rings. The zero-order valence-corrected chi connectivity index (χ0v) is 17.1. The molecule has 0 spiro atoms. The fourth-order valence-electron chi connectivity index (χ4n) is 2.99. The van der Waals surface area contributed by atoms with Crippen LogP contribution in [0.3, 0.4) is 0 Å². The lowest BCUT2D eigenvalue weighted by molar-refractivity contribution is -0.141. The highest BCUT2D eigenvalue weighted by molar-refractivity contribution is 7.99. The van der Waals surface area contributed by atoms with Gasteiger partial charge in [0.15, 0.2) is 5.82 Å². The van der Waals surface area contributed by atoms with Crippen molar-refractivity contribution in [3.8, 4) is 17.5 Å². The van der Waals surface area contributed by atoms with E-state index in [1.807, 2.05) is 18.5 Å². The number of alkyl halides is 3. The van der Waals surface area contributed by atoms with Gasteiger partial charge < -0.3 is 9.13 Å². The fraction of sp³-hybridized carbons (Fsp3) is 0.294. The predicted molar refractivity (Wildman–Crippen MR) is 104 cm³/mol. The average molecular weight is 442 g/mol. The molecule has 152 valence electrons. The highest BCUT2D eigenvalue weighted by Crippen LogP contribution is 2.35. The quantitative estimate of drug-likeness (QED) is 0.441. The van der Waals surface area contributed by atoms with Crippen molar-refractivity contribution in [2.45, 2.75) is 18.1 Å². The van der Waals surface area contributed by atoms with Crippen LogP contribution in [0.15, 0.2) is 29.7 Å². The highest BCUT2D eigenvalue weighted by Gasteiger charge is 2.33. The van der Waals surface area contributed by atoms with Gasteiger partial charge in [0, 0.05) is 14.1 Å². The molecule has 0 N–H and O–H groups in total. The molecule has 0 aliphatic carbocycles. The van der Waals surface area contributed by atoms with E-state index < -0.39 is 11.9 Å². The summed E-state index contributed by atoms with van der Waals surface area (Å²) in [6.07, 6.45) is -0.227. The van der Waals surface area contributed by atoms with Gasteiger partial charge in [0.25, 0.3) is 0 Å². The molecule has 7 nitrogen and oxygen atoms in total. The van der Waals surface area contributed by atoms with Crippen molar-refractivity contribution < 1.29 is 13.2 Å². The highest BCUT2D eigenvalue weighted by atomic mass is 35.5. The Labute approximate surface area is 172 Å². The van der Waals surface area contributed by atoms with Crippen LogP contribution in [0.25, 0.3) is 28.5 Å². The smallest absolute Gasteiger partial charge is 0.324 e. The Kier molecular flexibility index (Phi) is 4.82. The first-order valence-electron chi connectivity index (χ1n) is 8.50. The molecule has 0 bridgehead atoms. The zero-order valence-electron chi connectivity index (χ0n) is 15.6. The van der Waals surface area contributed by atoms with E-state index in [2.05, 4.69) is 20.1 Å². The number of pyridine rings is 1. The summed E-state index contributed by atoms with van der Waals surface area (Å²) in [6.45, 7) is 2.00. The molecule has 0 aliphatic heterocycles. The van der Waals surface area contributed by atoms with E-state index in [1.54, 1.807) is 29.6 Å². The van der Waals surface area contributed by atoms with E-state index in [1.165, 1.54) is 17.1 Å². The van der Waals surface area contributed by atoms with Crippen molar-refractivity contribution >= 4 is 34.4 Å². The maximum Gasteiger partial charge on any atom is 0.433 e. The number of aromatic nitrogens is 7. The summed E-state index contributed by atoms with van der Waals surface area (Å²) in [5.74, 6) is 1.73. The third kappa shape index (κ3) is 3.38. The molecule has 4 aromatic heterocycles. The summed E-state index contributed by atoms with van der Waals surface area (Å²) < 4.78 is 44.1. The zero-order chi connectivity index (χ0) is 20.9. The number of rotatable bonds is 4. The second-order valence-corrected chi connectivity index (χ2v) is 7.90. The number of halogens is 4. The summed E-state index contributed by atoms with van der Waals surface area (Å²) in [7, 11) is 3.56. The first-order chi connectivity index (χ1) is 13.7. The number of imidazole rings is 2. The molecule has 0 atom stereocenters. The van der Waals surface area contributed by atoms with Gasteiger partial charge in [-0.1, -0.05) is 18.5 Å². The van der Waals surface area contributed by atoms with Gasteiger partial charge >= 0.3 is 6.18 Å². The summed E-state index contributed by atoms with van der Waals surface area (Å²) in [4.78, 5) is 12.6. The molecule has 0 fully saturated rings. The van der Waals surface area contributed by atoms with Gasteiger partial charge in [-0.05, 0) is 11.8 Å². The van der Waals surface area contributed by atoms with E-state index in [4.69, 9.17) is 11.6 Å². The van der Waals surface area contributed by atoms with Crippen LogP contribution < -0.4 is 0 Å². The van der Waals surface area contributed by atoms with E-state index in [0.717, 1.165) is 16.8 Å². The third-order valence-corrected chi connectivity index (χ3v) is 5.55. The molecule has 4 heterocycles. The van der Waals surface area contributed by atoms with Crippen molar-refractivity contribution in [1.82, 2.24) is 33.9 Å². The number of nitrogens with zero attached hydrogens (tertiary/aromatic N) is 7. The maximum atomic E-state index is 13.0. The minimum absolute atomic E-state index is 0.201. The molecule has 0 radical (unpaired) electrons. The van der Waals surface area contributed by atoms with Crippen molar-refractivity contribution in [1.29, 1.82) is 0 Å². The summed E-state index contributed by atoms with van der Waals surface area (Å²) in [6, 6.07) is 0.947. The van der Waals surface area contributed by atoms with Crippen molar-refractivity contribution in [2.24, 2.45) is 14.1 Å². The SMILES string of the molecule is CCSc1c(-c2nc3cc(C(F)(F)F)ncc3n2C)nc(-n2cc(Cl)cn2)n1C. The van der Waals surface area contributed by atoms with Crippen LogP contribution in [-0.2, 0) is 20.3 Å². The monoisotopic (exact) mass is 441 g/mol. The second-order valence-electron chi connectivity index (χ2n) is 6.21. The molecule has 0 unspecified atom stereocenters. The van der Waals surface area contributed by atoms with Gasteiger partial charge in [-0.2, -0.15) is 18.3 Å². The summed E-state index contributed by atoms with van der Waals surface area (Å²) >= 11 is 7.53. The van der Waals surface area contributed by atoms with Crippen molar-refractivity contribution in [3.05, 3.63) is 35.4 Å². The second kappa shape index (κ2) is 7.06. The number of aryl methyl sites for hydroxylation is 1. The lowest BCUT2D eigenvalue weighted by Gasteiger charge is -2.06. The van der Waals surface area contributed by atoms with Gasteiger partial charge in [-0.3, -0.25) is 0 Å². The maximum absolute atomic E-state index is 13.0. The Morgan fingerprint density at radius 3 is 2.52 bits per heavy atom. The Balaban J connectivity index is 1.91. The third-order valence-electron chi connectivity index (χ3n) is 4.33. The Morgan fingerprint density at radius 2 is 1.90 bits per heavy atom. The Morgan fingerprint density at radius 1 is 1.14 bits per heavy atom. The molecule has 29 heavy (non-hydrogen) atoms. The minimum Gasteiger partial charge on any atom is -0.324 e. The lowest BCUT2D eigenvalue weighted by atomic mass is 10.3. The van der Waals surface area contributed by atoms with E-state index in [9.17, 15) is 13.2 Å². The van der Waals surface area contributed by atoms with Gasteiger partial charge in [0.05, 0.1) is 34.6 Å². The average Bonchev–Trinajstić information content (AvgIpc) is 3.32. The van der Waals surface area contributed by atoms with Crippen LogP contribution in [0.2, 0.25) is 5.02 Å². The molecule has 4 aromatic rings. The van der Waals surface area contributed by atoms with Crippen molar-refractivity contribution in [2.75, 3.05) is 5.75 Å². The molecule has 0 aromatic carbocycles. The van der Waals surface area contributed by atoms with Gasteiger partial charge in [-0.25, -0.2) is 19.6 Å². The minimum atomic E-state index is -4.54. The topological polar surface area (TPSA) is 66.3 Å². The van der Waals surface area contributed by atoms with Gasteiger partial charge in [0.2, 0.25) is 5.95 Å². The molecular formula is C17H15ClF3N7S. The fourth-order valence-corrected chi connectivity index (χ4v) is 3.95. The molecule has 0 amide bonds. The number of thioether (sulfide) groups is 1. The van der Waals surface area contributed by atoms with Crippen LogP contribution >= 0.6 is 23.4 Å². The molecule has 4 rings (SSSR count). The predicted octanol–water partition coefficient (Wildman–Crippen LogP) is 4.34. The van der Waals surface area contributed by atoms with Gasteiger partial charge in [0.1, 0.15) is 16.4 Å². The molecular weight excluding hydrogens is 427 g/mol. The standard InChI is InChI=1S/C17H15ClF3N7S/c1-4-29-15-13(25-16(27(15)3)28-8-9(18)6-23-28)14-24-10-5-12(17(19,20)21)22-7-11(10)26(14)2/h5-8H,4H2,1-3H3. The van der Waals surface area contributed by atoms with E-state index in [0.29, 0.717) is 28.0 Å². The van der Waals surface area contributed by atoms with E-state index >= 15 is 0 Å². The van der Waals surface area contributed by atoms with Gasteiger partial charge in [-0.15, -0.1) is 11.8 Å². The number of hydrogen-bond donors (Lipinski definition) is 0. The van der Waals surface area contributed by atoms with Crippen LogP contribution in [0.4, 0.5) is 13.2 Å². The number of hydrogen-bond acceptors (Lipinski definition) is 5. The van der Waals surface area contributed by atoms with Crippen LogP contribution in [0, 0.1) is 0 Å². The van der Waals surface area contributed by atoms with Crippen LogP contribution in [0.1, 0.15) is 12.6 Å². The largest absolute Gasteiger partial charge is 0.433 e. The molecule has 0 saturated carbocycles. The van der Waals surface area contributed by atoms with Crippen LogP contribution in [0.5, 0.6) is 0 Å². The van der Waals surface area contributed by atoms with Crippen LogP contribution in [-0.4, -0.2) is 39.6 Å².